The lowest BCUT2D eigenvalue weighted by Gasteiger charge is -1.90. The molecule has 0 atom stereocenters. The topological polar surface area (TPSA) is 29.1 Å². The van der Waals surface area contributed by atoms with Crippen molar-refractivity contribution in [1.29, 1.82) is 0 Å². The number of carbonyl (C=O) groups excluding carboxylic acids is 1. The Kier molecular flexibility index (Phi) is 3.28. The third-order valence-corrected chi connectivity index (χ3v) is 0.514. The van der Waals surface area contributed by atoms with Gasteiger partial charge in [0.25, 0.3) is 0 Å². The summed E-state index contributed by atoms with van der Waals surface area (Å²) in [7, 11) is 0. The van der Waals surface area contributed by atoms with Gasteiger partial charge in [-0.05, 0) is 6.42 Å². The molecular weight excluding hydrogens is 97.0 g/mol. The molecule has 0 aliphatic rings. The maximum Gasteiger partial charge on any atom is 0.397 e. The van der Waals surface area contributed by atoms with Crippen molar-refractivity contribution in [3.05, 3.63) is 0 Å². The van der Waals surface area contributed by atoms with E-state index in [2.05, 4.69) is 0 Å². The summed E-state index contributed by atoms with van der Waals surface area (Å²) in [6.07, 6.45) is -0.669. The SMILES string of the molecule is CCCNC(=O)F. The molecular formula is C4H8FNO. The Morgan fingerprint density at radius 2 is 2.43 bits per heavy atom. The molecule has 1 N–H and O–H groups in total. The van der Waals surface area contributed by atoms with E-state index in [1.165, 1.54) is 0 Å². The van der Waals surface area contributed by atoms with Crippen LogP contribution in [0.2, 0.25) is 0 Å². The molecule has 7 heavy (non-hydrogen) atoms. The molecule has 0 heterocycles. The van der Waals surface area contributed by atoms with E-state index in [4.69, 9.17) is 0 Å². The Morgan fingerprint density at radius 1 is 1.86 bits per heavy atom. The van der Waals surface area contributed by atoms with Crippen molar-refractivity contribution in [2.75, 3.05) is 6.54 Å². The standard InChI is InChI=1S/C4H8FNO/c1-2-3-6-4(5)7/h2-3H2,1H3,(H,6,7). The molecule has 0 radical (unpaired) electrons. The molecule has 0 fully saturated rings. The highest BCUT2D eigenvalue weighted by atomic mass is 19.1. The average molecular weight is 105 g/mol. The Hall–Kier alpha value is -0.600. The van der Waals surface area contributed by atoms with Gasteiger partial charge in [0, 0.05) is 6.54 Å². The highest BCUT2D eigenvalue weighted by molar-refractivity contribution is 5.65. The van der Waals surface area contributed by atoms with Crippen molar-refractivity contribution < 1.29 is 9.18 Å². The van der Waals surface area contributed by atoms with Gasteiger partial charge in [0.1, 0.15) is 0 Å². The van der Waals surface area contributed by atoms with E-state index < -0.39 is 6.16 Å². The van der Waals surface area contributed by atoms with Crippen molar-refractivity contribution in [2.24, 2.45) is 0 Å². The van der Waals surface area contributed by atoms with Crippen LogP contribution < -0.4 is 5.32 Å². The minimum Gasteiger partial charge on any atom is -0.328 e. The number of hydrogen-bond acceptors (Lipinski definition) is 1. The number of amides is 1. The Labute approximate surface area is 41.7 Å². The van der Waals surface area contributed by atoms with Crippen LogP contribution >= 0.6 is 0 Å². The van der Waals surface area contributed by atoms with E-state index in [0.717, 1.165) is 6.42 Å². The lowest BCUT2D eigenvalue weighted by Crippen LogP contribution is -2.17. The summed E-state index contributed by atoms with van der Waals surface area (Å²) in [5.41, 5.74) is 0. The van der Waals surface area contributed by atoms with Crippen molar-refractivity contribution in [3.8, 4) is 0 Å². The van der Waals surface area contributed by atoms with Crippen molar-refractivity contribution in [2.45, 2.75) is 13.3 Å². The molecule has 0 spiro atoms. The van der Waals surface area contributed by atoms with Crippen LogP contribution in [0, 0.1) is 0 Å². The summed E-state index contributed by atoms with van der Waals surface area (Å²) in [5, 5.41) is 1.99. The molecule has 0 saturated carbocycles. The summed E-state index contributed by atoms with van der Waals surface area (Å²) in [6.45, 7) is 2.28. The number of nitrogens with one attached hydrogen (secondary N) is 1. The first-order valence-corrected chi connectivity index (χ1v) is 2.20. The van der Waals surface area contributed by atoms with E-state index in [1.807, 2.05) is 12.2 Å². The summed E-state index contributed by atoms with van der Waals surface area (Å²) >= 11 is 0. The zero-order valence-electron chi connectivity index (χ0n) is 4.20. The first-order chi connectivity index (χ1) is 3.27. The first kappa shape index (κ1) is 6.40. The second-order valence-corrected chi connectivity index (χ2v) is 1.20. The molecule has 0 aromatic carbocycles. The zero-order valence-corrected chi connectivity index (χ0v) is 4.20. The van der Waals surface area contributed by atoms with E-state index in [1.54, 1.807) is 0 Å². The quantitative estimate of drug-likeness (QED) is 0.413. The minimum absolute atomic E-state index is 0.426. The lowest BCUT2D eigenvalue weighted by atomic mass is 10.5. The van der Waals surface area contributed by atoms with Crippen molar-refractivity contribution in [1.82, 2.24) is 5.32 Å². The van der Waals surface area contributed by atoms with Crippen LogP contribution in [0.25, 0.3) is 0 Å². The van der Waals surface area contributed by atoms with Gasteiger partial charge in [-0.3, -0.25) is 0 Å². The Balaban J connectivity index is 2.82. The first-order valence-electron chi connectivity index (χ1n) is 2.20. The van der Waals surface area contributed by atoms with Crippen LogP contribution in [0.5, 0.6) is 0 Å². The molecule has 0 bridgehead atoms. The van der Waals surface area contributed by atoms with Crippen molar-refractivity contribution in [3.63, 3.8) is 0 Å². The second-order valence-electron chi connectivity index (χ2n) is 1.20. The van der Waals surface area contributed by atoms with Crippen LogP contribution in [-0.4, -0.2) is 12.7 Å². The average Bonchev–Trinajstić information content (AvgIpc) is 1.61. The maximum absolute atomic E-state index is 11.1. The summed E-state index contributed by atoms with van der Waals surface area (Å²) in [4.78, 5) is 9.42. The highest BCUT2D eigenvalue weighted by Gasteiger charge is 1.88. The third-order valence-electron chi connectivity index (χ3n) is 0.514. The van der Waals surface area contributed by atoms with Gasteiger partial charge in [0.2, 0.25) is 0 Å². The van der Waals surface area contributed by atoms with Gasteiger partial charge in [0.05, 0.1) is 0 Å². The zero-order chi connectivity index (χ0) is 5.70. The van der Waals surface area contributed by atoms with Gasteiger partial charge in [-0.15, -0.1) is 4.39 Å². The molecule has 2 nitrogen and oxygen atoms in total. The predicted molar refractivity (Wildman–Crippen MR) is 24.8 cm³/mol. The molecule has 0 aromatic rings. The van der Waals surface area contributed by atoms with E-state index >= 15 is 0 Å². The summed E-state index contributed by atoms with van der Waals surface area (Å²) in [6, 6.07) is 0. The predicted octanol–water partition coefficient (Wildman–Crippen LogP) is 1.08. The fourth-order valence-electron chi connectivity index (χ4n) is 0.223. The smallest absolute Gasteiger partial charge is 0.328 e. The van der Waals surface area contributed by atoms with Crippen LogP contribution in [0.1, 0.15) is 13.3 Å². The van der Waals surface area contributed by atoms with E-state index in [-0.39, 0.29) is 0 Å². The lowest BCUT2D eigenvalue weighted by molar-refractivity contribution is 0.221. The fourth-order valence-corrected chi connectivity index (χ4v) is 0.223. The van der Waals surface area contributed by atoms with E-state index in [0.29, 0.717) is 6.54 Å². The molecule has 0 rings (SSSR count). The van der Waals surface area contributed by atoms with Gasteiger partial charge in [-0.25, -0.2) is 4.79 Å². The number of halogens is 1. The monoisotopic (exact) mass is 105 g/mol. The summed E-state index contributed by atoms with van der Waals surface area (Å²) < 4.78 is 11.1. The molecule has 0 aliphatic heterocycles. The normalized spacial score (nSPS) is 8.29. The molecule has 3 heteroatoms. The molecule has 0 aliphatic carbocycles. The van der Waals surface area contributed by atoms with Crippen LogP contribution in [-0.2, 0) is 0 Å². The molecule has 1 amide bonds. The van der Waals surface area contributed by atoms with Gasteiger partial charge >= 0.3 is 6.16 Å². The van der Waals surface area contributed by atoms with Gasteiger partial charge in [-0.2, -0.15) is 0 Å². The highest BCUT2D eigenvalue weighted by Crippen LogP contribution is 1.72. The van der Waals surface area contributed by atoms with Gasteiger partial charge < -0.3 is 5.32 Å². The largest absolute Gasteiger partial charge is 0.397 e. The Bertz CT molecular complexity index is 64.7. The van der Waals surface area contributed by atoms with Gasteiger partial charge in [-0.1, -0.05) is 6.92 Å². The summed E-state index contributed by atoms with van der Waals surface area (Å²) in [5.74, 6) is 0. The number of hydrogen-bond donors (Lipinski definition) is 1. The van der Waals surface area contributed by atoms with Gasteiger partial charge in [0.15, 0.2) is 0 Å². The van der Waals surface area contributed by atoms with E-state index in [9.17, 15) is 9.18 Å². The Morgan fingerprint density at radius 3 is 2.57 bits per heavy atom. The second kappa shape index (κ2) is 3.59. The van der Waals surface area contributed by atoms with Crippen LogP contribution in [0.4, 0.5) is 9.18 Å². The number of rotatable bonds is 2. The van der Waals surface area contributed by atoms with Crippen LogP contribution in [0.15, 0.2) is 0 Å². The molecule has 42 valence electrons. The molecule has 0 unspecified atom stereocenters. The molecule has 0 saturated heterocycles. The minimum atomic E-state index is -1.44. The van der Waals surface area contributed by atoms with Crippen molar-refractivity contribution >= 4 is 6.16 Å². The maximum atomic E-state index is 11.1. The fraction of sp³-hybridized carbons (Fsp3) is 0.750. The van der Waals surface area contributed by atoms with Crippen LogP contribution in [0.3, 0.4) is 0 Å². The third kappa shape index (κ3) is 5.40. The number of carbonyl (C=O) groups is 1. The molecule has 0 aromatic heterocycles.